The summed E-state index contributed by atoms with van der Waals surface area (Å²) in [6.45, 7) is 3.92. The van der Waals surface area contributed by atoms with Crippen LogP contribution in [0.25, 0.3) is 0 Å². The number of aryl methyl sites for hydroxylation is 1. The lowest BCUT2D eigenvalue weighted by Crippen LogP contribution is -2.31. The Hall–Kier alpha value is -1.32. The highest BCUT2D eigenvalue weighted by Crippen LogP contribution is 2.52. The zero-order valence-electron chi connectivity index (χ0n) is 15.6. The fourth-order valence-corrected chi connectivity index (χ4v) is 5.15. The highest BCUT2D eigenvalue weighted by atomic mass is 35.5. The fourth-order valence-electron chi connectivity index (χ4n) is 4.85. The number of unbranched alkanes of at least 4 members (excludes halogenated alkanes) is 1. The van der Waals surface area contributed by atoms with Crippen LogP contribution < -0.4 is 5.32 Å². The Morgan fingerprint density at radius 3 is 2.92 bits per heavy atom. The molecule has 0 radical (unpaired) electrons. The van der Waals surface area contributed by atoms with E-state index in [1.165, 1.54) is 30.4 Å². The highest BCUT2D eigenvalue weighted by Gasteiger charge is 2.45. The first-order chi connectivity index (χ1) is 12.5. The molecule has 2 saturated carbocycles. The molecule has 4 heteroatoms. The first-order valence-corrected chi connectivity index (χ1v) is 10.3. The van der Waals surface area contributed by atoms with Crippen LogP contribution in [-0.2, 0) is 11.3 Å². The lowest BCUT2D eigenvalue weighted by Gasteiger charge is -2.29. The number of benzene rings is 1. The molecule has 0 amide bonds. The van der Waals surface area contributed by atoms with Gasteiger partial charge in [0.1, 0.15) is 0 Å². The number of fused-ring (bicyclic) bond motifs is 2. The maximum absolute atomic E-state index is 10.6. The van der Waals surface area contributed by atoms with E-state index < -0.39 is 5.97 Å². The van der Waals surface area contributed by atoms with E-state index in [0.717, 1.165) is 42.8 Å². The van der Waals surface area contributed by atoms with Crippen molar-refractivity contribution < 1.29 is 9.90 Å². The summed E-state index contributed by atoms with van der Waals surface area (Å²) < 4.78 is 0. The minimum Gasteiger partial charge on any atom is -0.481 e. The third kappa shape index (κ3) is 4.89. The van der Waals surface area contributed by atoms with Gasteiger partial charge in [-0.1, -0.05) is 35.9 Å². The second-order valence-corrected chi connectivity index (χ2v) is 8.42. The van der Waals surface area contributed by atoms with Gasteiger partial charge < -0.3 is 10.4 Å². The standard InChI is InChI=1S/C22H30ClNO2/c1-15-7-8-18(21(23)11-15)13-24-14-20-17-10-9-16(12-17)19(20)5-3-2-4-6-22(25)26/h3,5,7-8,11,16-17,19-20,24H,2,4,6,9-10,12-14H2,1H3,(H,25,26)/b5-3-/t16-,17+,19-,20-/m0/s1. The van der Waals surface area contributed by atoms with Crippen molar-refractivity contribution in [3.63, 3.8) is 0 Å². The van der Waals surface area contributed by atoms with Crippen LogP contribution in [0, 0.1) is 30.6 Å². The van der Waals surface area contributed by atoms with E-state index >= 15 is 0 Å². The molecule has 2 N–H and O–H groups in total. The Labute approximate surface area is 161 Å². The molecule has 0 saturated heterocycles. The van der Waals surface area contributed by atoms with Crippen LogP contribution in [0.4, 0.5) is 0 Å². The van der Waals surface area contributed by atoms with Crippen molar-refractivity contribution in [3.05, 3.63) is 46.5 Å². The Balaban J connectivity index is 1.50. The average molecular weight is 376 g/mol. The lowest BCUT2D eigenvalue weighted by molar-refractivity contribution is -0.137. The van der Waals surface area contributed by atoms with Crippen molar-refractivity contribution in [1.82, 2.24) is 5.32 Å². The van der Waals surface area contributed by atoms with Gasteiger partial charge in [-0.25, -0.2) is 0 Å². The normalized spacial score (nSPS) is 27.5. The van der Waals surface area contributed by atoms with Crippen molar-refractivity contribution in [2.24, 2.45) is 23.7 Å². The van der Waals surface area contributed by atoms with E-state index in [9.17, 15) is 4.79 Å². The van der Waals surface area contributed by atoms with Crippen LogP contribution in [-0.4, -0.2) is 17.6 Å². The third-order valence-corrected chi connectivity index (χ3v) is 6.53. The SMILES string of the molecule is Cc1ccc(CNC[C@H]2[C@@H]3CC[C@@H](C3)[C@@H]2/C=C\CCCC(=O)O)c(Cl)c1. The molecule has 3 nitrogen and oxygen atoms in total. The monoisotopic (exact) mass is 375 g/mol. The predicted molar refractivity (Wildman–Crippen MR) is 106 cm³/mol. The summed E-state index contributed by atoms with van der Waals surface area (Å²) in [6, 6.07) is 6.26. The molecule has 2 fully saturated rings. The molecular formula is C22H30ClNO2. The Bertz CT molecular complexity index is 658. The molecule has 0 heterocycles. The third-order valence-electron chi connectivity index (χ3n) is 6.18. The maximum atomic E-state index is 10.6. The average Bonchev–Trinajstić information content (AvgIpc) is 3.18. The number of carbonyl (C=O) groups is 1. The highest BCUT2D eigenvalue weighted by molar-refractivity contribution is 6.31. The van der Waals surface area contributed by atoms with Crippen molar-refractivity contribution in [2.75, 3.05) is 6.54 Å². The number of nitrogens with one attached hydrogen (secondary N) is 1. The molecule has 0 aromatic heterocycles. The van der Waals surface area contributed by atoms with Gasteiger partial charge in [-0.3, -0.25) is 4.79 Å². The van der Waals surface area contributed by atoms with Gasteiger partial charge >= 0.3 is 5.97 Å². The van der Waals surface area contributed by atoms with E-state index in [2.05, 4.69) is 36.5 Å². The number of allylic oxidation sites excluding steroid dienone is 2. The van der Waals surface area contributed by atoms with E-state index in [1.54, 1.807) is 0 Å². The Morgan fingerprint density at radius 1 is 1.35 bits per heavy atom. The molecule has 3 rings (SSSR count). The van der Waals surface area contributed by atoms with E-state index in [1.807, 2.05) is 6.07 Å². The quantitative estimate of drug-likeness (QED) is 0.460. The molecule has 0 unspecified atom stereocenters. The molecule has 0 spiro atoms. The molecule has 142 valence electrons. The summed E-state index contributed by atoms with van der Waals surface area (Å²) in [6.07, 6.45) is 10.6. The number of hydrogen-bond donors (Lipinski definition) is 2. The zero-order chi connectivity index (χ0) is 18.5. The van der Waals surface area contributed by atoms with E-state index in [0.29, 0.717) is 11.8 Å². The van der Waals surface area contributed by atoms with Crippen LogP contribution in [0.2, 0.25) is 5.02 Å². The molecular weight excluding hydrogens is 346 g/mol. The van der Waals surface area contributed by atoms with Crippen LogP contribution in [0.15, 0.2) is 30.4 Å². The van der Waals surface area contributed by atoms with Crippen molar-refractivity contribution >= 4 is 17.6 Å². The molecule has 2 aliphatic rings. The molecule has 2 bridgehead atoms. The van der Waals surface area contributed by atoms with Crippen LogP contribution in [0.1, 0.15) is 49.7 Å². The van der Waals surface area contributed by atoms with Crippen molar-refractivity contribution in [2.45, 2.75) is 52.0 Å². The second-order valence-electron chi connectivity index (χ2n) is 8.01. The number of halogens is 1. The molecule has 1 aromatic rings. The summed E-state index contributed by atoms with van der Waals surface area (Å²) in [4.78, 5) is 10.6. The van der Waals surface area contributed by atoms with Gasteiger partial charge in [0.2, 0.25) is 0 Å². The first kappa shape index (κ1) is 19.4. The van der Waals surface area contributed by atoms with Gasteiger partial charge in [0.25, 0.3) is 0 Å². The summed E-state index contributed by atoms with van der Waals surface area (Å²) in [5.41, 5.74) is 2.36. The van der Waals surface area contributed by atoms with E-state index in [-0.39, 0.29) is 6.42 Å². The second kappa shape index (κ2) is 9.05. The summed E-state index contributed by atoms with van der Waals surface area (Å²) in [5, 5.41) is 13.2. The van der Waals surface area contributed by atoms with Crippen molar-refractivity contribution in [1.29, 1.82) is 0 Å². The van der Waals surface area contributed by atoms with Gasteiger partial charge in [-0.2, -0.15) is 0 Å². The number of rotatable bonds is 9. The molecule has 26 heavy (non-hydrogen) atoms. The van der Waals surface area contributed by atoms with Crippen LogP contribution in [0.3, 0.4) is 0 Å². The Kier molecular flexibility index (Phi) is 6.77. The Morgan fingerprint density at radius 2 is 2.15 bits per heavy atom. The summed E-state index contributed by atoms with van der Waals surface area (Å²) in [7, 11) is 0. The van der Waals surface area contributed by atoms with Gasteiger partial charge in [0.05, 0.1) is 0 Å². The summed E-state index contributed by atoms with van der Waals surface area (Å²) >= 11 is 6.34. The van der Waals surface area contributed by atoms with E-state index in [4.69, 9.17) is 16.7 Å². The predicted octanol–water partition coefficient (Wildman–Crippen LogP) is 5.21. The number of aliphatic carboxylic acids is 1. The largest absolute Gasteiger partial charge is 0.481 e. The number of hydrogen-bond acceptors (Lipinski definition) is 2. The number of carboxylic acid groups (broad SMARTS) is 1. The summed E-state index contributed by atoms with van der Waals surface area (Å²) in [5.74, 6) is 2.32. The lowest BCUT2D eigenvalue weighted by atomic mass is 9.79. The van der Waals surface area contributed by atoms with Gasteiger partial charge in [0, 0.05) is 18.0 Å². The molecule has 1 aromatic carbocycles. The minimum absolute atomic E-state index is 0.267. The van der Waals surface area contributed by atoms with Gasteiger partial charge in [-0.15, -0.1) is 0 Å². The molecule has 2 aliphatic carbocycles. The first-order valence-electron chi connectivity index (χ1n) is 9.89. The fraction of sp³-hybridized carbons (Fsp3) is 0.591. The van der Waals surface area contributed by atoms with Crippen LogP contribution >= 0.6 is 11.6 Å². The molecule has 4 atom stereocenters. The molecule has 0 aliphatic heterocycles. The van der Waals surface area contributed by atoms with Crippen LogP contribution in [0.5, 0.6) is 0 Å². The maximum Gasteiger partial charge on any atom is 0.303 e. The van der Waals surface area contributed by atoms with Gasteiger partial charge in [0.15, 0.2) is 0 Å². The number of carboxylic acids is 1. The van der Waals surface area contributed by atoms with Gasteiger partial charge in [-0.05, 0) is 86.4 Å². The topological polar surface area (TPSA) is 49.3 Å². The van der Waals surface area contributed by atoms with Crippen molar-refractivity contribution in [3.8, 4) is 0 Å². The minimum atomic E-state index is -0.699. The zero-order valence-corrected chi connectivity index (χ0v) is 16.3. The smallest absolute Gasteiger partial charge is 0.303 e.